The van der Waals surface area contributed by atoms with Crippen LogP contribution in [0.25, 0.3) is 0 Å². The quantitative estimate of drug-likeness (QED) is 0.377. The number of carbonyl (C=O) groups excluding carboxylic acids is 2. The van der Waals surface area contributed by atoms with Gasteiger partial charge in [-0.3, -0.25) is 4.90 Å². The number of carbonyl (C=O) groups is 2. The third kappa shape index (κ3) is 6.84. The third-order valence-electron chi connectivity index (χ3n) is 4.63. The van der Waals surface area contributed by atoms with Gasteiger partial charge < -0.3 is 38.6 Å². The van der Waals surface area contributed by atoms with Crippen LogP contribution in [-0.4, -0.2) is 110 Å². The first-order valence-electron chi connectivity index (χ1n) is 10.4. The van der Waals surface area contributed by atoms with E-state index in [0.717, 1.165) is 4.90 Å². The molecule has 3 fully saturated rings. The number of fused-ring (bicyclic) bond motifs is 2. The van der Waals surface area contributed by atoms with E-state index in [1.807, 2.05) is 0 Å². The van der Waals surface area contributed by atoms with Crippen LogP contribution in [0.5, 0.6) is 0 Å². The maximum atomic E-state index is 12.3. The molecule has 3 rings (SSSR count). The summed E-state index contributed by atoms with van der Waals surface area (Å²) in [5.74, 6) is -2.57. The summed E-state index contributed by atoms with van der Waals surface area (Å²) in [6.07, 6.45) is -0.968. The topological polar surface area (TPSA) is 141 Å². The second kappa shape index (κ2) is 9.51. The molecule has 3 aliphatic heterocycles. The Bertz CT molecular complexity index is 687. The molecule has 3 aliphatic rings. The molecule has 0 aromatic heterocycles. The molecule has 186 valence electrons. The molecule has 3 saturated heterocycles. The van der Waals surface area contributed by atoms with Gasteiger partial charge in [0, 0.05) is 0 Å². The van der Waals surface area contributed by atoms with Crippen LogP contribution in [0.15, 0.2) is 0 Å². The number of hydrogen-bond donors (Lipinski definition) is 2. The molecular formula is C20H36N2O9S. The number of nitrogens with zero attached hydrogens (tertiary/aromatic N) is 2. The molecule has 11 nitrogen and oxygen atoms in total. The molecular weight excluding hydrogens is 444 g/mol. The van der Waals surface area contributed by atoms with Gasteiger partial charge in [0.2, 0.25) is 0 Å². The number of amides is 2. The number of ether oxygens (including phenoxy) is 4. The number of aliphatic hydroxyl groups is 2. The molecule has 0 aromatic carbocycles. The van der Waals surface area contributed by atoms with Crippen molar-refractivity contribution in [1.82, 2.24) is 9.80 Å². The number of hydrogen-bond acceptors (Lipinski definition) is 9. The average Bonchev–Trinajstić information content (AvgIpc) is 3.08. The molecule has 0 saturated carbocycles. The molecule has 32 heavy (non-hydrogen) atoms. The van der Waals surface area contributed by atoms with E-state index >= 15 is 0 Å². The second-order valence-electron chi connectivity index (χ2n) is 10.2. The maximum Gasteiger partial charge on any atom is 0.414 e. The summed E-state index contributed by atoms with van der Waals surface area (Å²) < 4.78 is 32.0. The molecule has 4 unspecified atom stereocenters. The van der Waals surface area contributed by atoms with Gasteiger partial charge in [0.1, 0.15) is 29.5 Å². The Morgan fingerprint density at radius 3 is 1.81 bits per heavy atom. The smallest absolute Gasteiger partial charge is 0.414 e. The summed E-state index contributed by atoms with van der Waals surface area (Å²) in [4.78, 5) is 26.9. The fraction of sp³-hybridized carbons (Fsp3) is 0.900. The second-order valence-corrected chi connectivity index (χ2v) is 11.7. The van der Waals surface area contributed by atoms with Gasteiger partial charge in [-0.25, -0.2) is 9.59 Å². The van der Waals surface area contributed by atoms with E-state index in [9.17, 15) is 24.4 Å². The minimum atomic E-state index is -2.57. The van der Waals surface area contributed by atoms with Crippen LogP contribution in [0, 0.1) is 0 Å². The Morgan fingerprint density at radius 2 is 1.34 bits per heavy atom. The maximum absolute atomic E-state index is 12.3. The van der Waals surface area contributed by atoms with Gasteiger partial charge in [0.15, 0.2) is 6.10 Å². The third-order valence-corrected chi connectivity index (χ3v) is 4.63. The Morgan fingerprint density at radius 1 is 0.906 bits per heavy atom. The first-order valence-corrected chi connectivity index (χ1v) is 12.4. The molecule has 0 bridgehead atoms. The fourth-order valence-electron chi connectivity index (χ4n) is 3.53. The minimum absolute atomic E-state index is 0.0950. The average molecular weight is 481 g/mol. The van der Waals surface area contributed by atoms with E-state index in [2.05, 4.69) is 0 Å². The van der Waals surface area contributed by atoms with Crippen molar-refractivity contribution in [3.8, 4) is 0 Å². The van der Waals surface area contributed by atoms with Crippen LogP contribution in [0.3, 0.4) is 0 Å². The molecule has 12 heteroatoms. The Labute approximate surface area is 192 Å². The highest BCUT2D eigenvalue weighted by atomic mass is 32.2. The highest BCUT2D eigenvalue weighted by molar-refractivity contribution is 7.89. The summed E-state index contributed by atoms with van der Waals surface area (Å²) >= 11 is -0.611. The lowest BCUT2D eigenvalue weighted by Gasteiger charge is -2.37. The summed E-state index contributed by atoms with van der Waals surface area (Å²) in [6.45, 7) is 10.8. The van der Waals surface area contributed by atoms with Crippen LogP contribution in [0.4, 0.5) is 9.59 Å². The zero-order chi connectivity index (χ0) is 24.6. The summed E-state index contributed by atoms with van der Waals surface area (Å²) in [7, 11) is 0. The largest absolute Gasteiger partial charge is 0.617 e. The Balaban J connectivity index is 0.000000837. The molecule has 4 atom stereocenters. The zero-order valence-corrected chi connectivity index (χ0v) is 20.8. The lowest BCUT2D eigenvalue weighted by Crippen LogP contribution is -2.58. The lowest BCUT2D eigenvalue weighted by molar-refractivity contribution is -0.316. The van der Waals surface area contributed by atoms with Crippen LogP contribution >= 0.6 is 0 Å². The Kier molecular flexibility index (Phi) is 8.01. The van der Waals surface area contributed by atoms with Crippen molar-refractivity contribution in [2.45, 2.75) is 83.1 Å². The molecule has 0 aromatic rings. The van der Waals surface area contributed by atoms with E-state index in [1.165, 1.54) is 4.90 Å². The summed E-state index contributed by atoms with van der Waals surface area (Å²) in [5, 5.41) is 21.1. The number of rotatable bonds is 0. The van der Waals surface area contributed by atoms with Gasteiger partial charge in [0.25, 0.3) is 5.91 Å². The first kappa shape index (κ1) is 26.9. The van der Waals surface area contributed by atoms with E-state index in [0.29, 0.717) is 0 Å². The van der Waals surface area contributed by atoms with Crippen LogP contribution in [-0.2, 0) is 30.1 Å². The zero-order valence-electron chi connectivity index (χ0n) is 20.0. The standard InChI is InChI=1S/C18H30N2O8.C2H6OS/c1-16(2,3)27-14(21)19-7-10-11(8-19)26-13-12(25-10)9-20(18(13,23)24)15(22)28-17(4,5)6;1-4(2)3/h10-13,23-24H,7-9H2,1-6H3;1-2H3. The van der Waals surface area contributed by atoms with Gasteiger partial charge in [0.05, 0.1) is 32.1 Å². The van der Waals surface area contributed by atoms with Crippen molar-refractivity contribution < 1.29 is 43.3 Å². The van der Waals surface area contributed by atoms with Crippen molar-refractivity contribution in [3.63, 3.8) is 0 Å². The highest BCUT2D eigenvalue weighted by Crippen LogP contribution is 2.38. The molecule has 3 heterocycles. The van der Waals surface area contributed by atoms with Crippen molar-refractivity contribution in [2.75, 3.05) is 32.1 Å². The first-order chi connectivity index (χ1) is 14.4. The normalized spacial score (nSPS) is 29.1. The minimum Gasteiger partial charge on any atom is -0.617 e. The monoisotopic (exact) mass is 480 g/mol. The van der Waals surface area contributed by atoms with Crippen molar-refractivity contribution in [1.29, 1.82) is 0 Å². The predicted molar refractivity (Wildman–Crippen MR) is 115 cm³/mol. The highest BCUT2D eigenvalue weighted by Gasteiger charge is 2.62. The van der Waals surface area contributed by atoms with Gasteiger partial charge in [-0.1, -0.05) is 11.2 Å². The van der Waals surface area contributed by atoms with Crippen molar-refractivity contribution in [3.05, 3.63) is 0 Å². The van der Waals surface area contributed by atoms with Crippen LogP contribution < -0.4 is 0 Å². The van der Waals surface area contributed by atoms with E-state index < -0.39 is 64.9 Å². The lowest BCUT2D eigenvalue weighted by atomic mass is 10.1. The van der Waals surface area contributed by atoms with E-state index in [1.54, 1.807) is 54.1 Å². The van der Waals surface area contributed by atoms with Gasteiger partial charge in [-0.15, -0.1) is 0 Å². The molecule has 2 amide bonds. The number of likely N-dealkylation sites (tertiary alicyclic amines) is 2. The van der Waals surface area contributed by atoms with Crippen molar-refractivity contribution >= 4 is 23.4 Å². The molecule has 0 spiro atoms. The van der Waals surface area contributed by atoms with Crippen molar-refractivity contribution in [2.24, 2.45) is 0 Å². The van der Waals surface area contributed by atoms with E-state index in [4.69, 9.17) is 18.9 Å². The summed E-state index contributed by atoms with van der Waals surface area (Å²) in [6, 6.07) is 0. The fourth-order valence-corrected chi connectivity index (χ4v) is 3.53. The Hall–Kier alpha value is -1.31. The predicted octanol–water partition coefficient (Wildman–Crippen LogP) is 0.642. The molecule has 0 radical (unpaired) electrons. The van der Waals surface area contributed by atoms with E-state index in [-0.39, 0.29) is 19.6 Å². The van der Waals surface area contributed by atoms with Gasteiger partial charge in [-0.05, 0) is 41.5 Å². The van der Waals surface area contributed by atoms with Gasteiger partial charge in [-0.2, -0.15) is 0 Å². The van der Waals surface area contributed by atoms with Crippen LogP contribution in [0.1, 0.15) is 41.5 Å². The van der Waals surface area contributed by atoms with Crippen LogP contribution in [0.2, 0.25) is 0 Å². The molecule has 0 aliphatic carbocycles. The van der Waals surface area contributed by atoms with Gasteiger partial charge >= 0.3 is 12.2 Å². The molecule has 2 N–H and O–H groups in total. The summed E-state index contributed by atoms with van der Waals surface area (Å²) in [5.41, 5.74) is -1.41. The SMILES string of the molecule is CC(C)(C)OC(=O)N1CC2OC3CN(C(=O)OC(C)(C)C)C(O)(O)C3OC2C1.C[S+](C)[O-].